The molecule has 3 aromatic carbocycles. The molecule has 3 rings (SSSR count). The zero-order valence-electron chi connectivity index (χ0n) is 15.1. The van der Waals surface area contributed by atoms with E-state index in [-0.39, 0.29) is 11.2 Å². The van der Waals surface area contributed by atoms with Crippen LogP contribution in [0, 0.1) is 11.3 Å². The van der Waals surface area contributed by atoms with Crippen LogP contribution in [0.15, 0.2) is 89.8 Å². The molecule has 0 bridgehead atoms. The lowest BCUT2D eigenvalue weighted by Gasteiger charge is -2.24. The number of rotatable bonds is 6. The van der Waals surface area contributed by atoms with E-state index in [9.17, 15) is 4.79 Å². The third-order valence-corrected chi connectivity index (χ3v) is 5.46. The van der Waals surface area contributed by atoms with Crippen molar-refractivity contribution in [2.45, 2.75) is 16.7 Å². The second-order valence-electron chi connectivity index (χ2n) is 6.22. The van der Waals surface area contributed by atoms with Gasteiger partial charge in [0.25, 0.3) is 0 Å². The SMILES string of the molecule is CN(Cc1ccc(C#N)cc1)C(=O)C(Sc1ccccc1)c1ccccc1. The Labute approximate surface area is 164 Å². The van der Waals surface area contributed by atoms with E-state index >= 15 is 0 Å². The maximum absolute atomic E-state index is 13.2. The second-order valence-corrected chi connectivity index (χ2v) is 7.40. The number of nitrogens with zero attached hydrogens (tertiary/aromatic N) is 2. The smallest absolute Gasteiger partial charge is 0.240 e. The summed E-state index contributed by atoms with van der Waals surface area (Å²) >= 11 is 1.56. The number of hydrogen-bond donors (Lipinski definition) is 0. The highest BCUT2D eigenvalue weighted by molar-refractivity contribution is 8.00. The number of amides is 1. The van der Waals surface area contributed by atoms with Gasteiger partial charge in [-0.2, -0.15) is 5.26 Å². The molecule has 3 aromatic rings. The molecule has 0 radical (unpaired) electrons. The van der Waals surface area contributed by atoms with Gasteiger partial charge in [0.2, 0.25) is 5.91 Å². The van der Waals surface area contributed by atoms with Gasteiger partial charge in [-0.1, -0.05) is 60.7 Å². The van der Waals surface area contributed by atoms with Crippen molar-refractivity contribution < 1.29 is 4.79 Å². The first-order valence-electron chi connectivity index (χ1n) is 8.68. The number of carbonyl (C=O) groups excluding carboxylic acids is 1. The summed E-state index contributed by atoms with van der Waals surface area (Å²) in [6, 6.07) is 29.3. The van der Waals surface area contributed by atoms with Gasteiger partial charge in [0.15, 0.2) is 0 Å². The van der Waals surface area contributed by atoms with E-state index in [1.807, 2.05) is 79.8 Å². The number of hydrogen-bond acceptors (Lipinski definition) is 3. The third-order valence-electron chi connectivity index (χ3n) is 4.20. The summed E-state index contributed by atoms with van der Waals surface area (Å²) in [5.74, 6) is 0.0550. The molecule has 0 aromatic heterocycles. The summed E-state index contributed by atoms with van der Waals surface area (Å²) in [5, 5.41) is 8.61. The monoisotopic (exact) mass is 372 g/mol. The molecule has 0 aliphatic carbocycles. The molecule has 1 unspecified atom stereocenters. The molecule has 0 saturated heterocycles. The minimum atomic E-state index is -0.308. The topological polar surface area (TPSA) is 44.1 Å². The van der Waals surface area contributed by atoms with Gasteiger partial charge in [-0.15, -0.1) is 11.8 Å². The minimum absolute atomic E-state index is 0.0550. The van der Waals surface area contributed by atoms with E-state index in [4.69, 9.17) is 5.26 Å². The number of thioether (sulfide) groups is 1. The van der Waals surface area contributed by atoms with E-state index in [0.717, 1.165) is 16.0 Å². The fourth-order valence-electron chi connectivity index (χ4n) is 2.76. The van der Waals surface area contributed by atoms with Gasteiger partial charge in [-0.3, -0.25) is 4.79 Å². The molecule has 27 heavy (non-hydrogen) atoms. The second kappa shape index (κ2) is 9.07. The van der Waals surface area contributed by atoms with Crippen LogP contribution in [0.25, 0.3) is 0 Å². The van der Waals surface area contributed by atoms with Crippen LogP contribution in [0.2, 0.25) is 0 Å². The van der Waals surface area contributed by atoms with Gasteiger partial charge in [-0.05, 0) is 35.4 Å². The summed E-state index contributed by atoms with van der Waals surface area (Å²) in [6.45, 7) is 0.503. The van der Waals surface area contributed by atoms with Crippen LogP contribution in [0.3, 0.4) is 0 Å². The Bertz CT molecular complexity index is 918. The summed E-state index contributed by atoms with van der Waals surface area (Å²) < 4.78 is 0. The molecular formula is C23H20N2OS. The summed E-state index contributed by atoms with van der Waals surface area (Å²) in [6.07, 6.45) is 0. The number of likely N-dealkylation sites (N-methyl/N-ethyl adjacent to an activating group) is 1. The van der Waals surface area contributed by atoms with Crippen molar-refractivity contribution in [1.82, 2.24) is 4.90 Å². The quantitative estimate of drug-likeness (QED) is 0.569. The van der Waals surface area contributed by atoms with Crippen LogP contribution in [-0.4, -0.2) is 17.9 Å². The Balaban J connectivity index is 1.80. The largest absolute Gasteiger partial charge is 0.340 e. The predicted octanol–water partition coefficient (Wildman–Crippen LogP) is 5.05. The molecule has 0 aliphatic rings. The van der Waals surface area contributed by atoms with Gasteiger partial charge in [0.05, 0.1) is 11.6 Å². The first kappa shape index (κ1) is 18.8. The zero-order valence-corrected chi connectivity index (χ0v) is 15.9. The maximum atomic E-state index is 13.2. The van der Waals surface area contributed by atoms with Crippen molar-refractivity contribution in [2.75, 3.05) is 7.05 Å². The predicted molar refractivity (Wildman–Crippen MR) is 109 cm³/mol. The first-order valence-corrected chi connectivity index (χ1v) is 9.56. The van der Waals surface area contributed by atoms with E-state index in [1.165, 1.54) is 0 Å². The van der Waals surface area contributed by atoms with Crippen molar-refractivity contribution in [3.8, 4) is 6.07 Å². The van der Waals surface area contributed by atoms with Crippen molar-refractivity contribution in [3.63, 3.8) is 0 Å². The lowest BCUT2D eigenvalue weighted by atomic mass is 10.1. The highest BCUT2D eigenvalue weighted by Gasteiger charge is 2.25. The fourth-order valence-corrected chi connectivity index (χ4v) is 3.92. The minimum Gasteiger partial charge on any atom is -0.340 e. The maximum Gasteiger partial charge on any atom is 0.240 e. The van der Waals surface area contributed by atoms with Crippen molar-refractivity contribution in [2.24, 2.45) is 0 Å². The number of benzene rings is 3. The van der Waals surface area contributed by atoms with Crippen LogP contribution < -0.4 is 0 Å². The highest BCUT2D eigenvalue weighted by Crippen LogP contribution is 2.36. The normalized spacial score (nSPS) is 11.4. The highest BCUT2D eigenvalue weighted by atomic mass is 32.2. The van der Waals surface area contributed by atoms with Crippen molar-refractivity contribution >= 4 is 17.7 Å². The Morgan fingerprint density at radius 2 is 1.56 bits per heavy atom. The lowest BCUT2D eigenvalue weighted by molar-refractivity contribution is -0.129. The van der Waals surface area contributed by atoms with Gasteiger partial charge < -0.3 is 4.90 Å². The summed E-state index contributed by atoms with van der Waals surface area (Å²) in [4.78, 5) is 16.0. The molecule has 0 aliphatic heterocycles. The molecule has 4 heteroatoms. The van der Waals surface area contributed by atoms with Gasteiger partial charge >= 0.3 is 0 Å². The Hall–Kier alpha value is -3.03. The van der Waals surface area contributed by atoms with E-state index in [1.54, 1.807) is 28.8 Å². The van der Waals surface area contributed by atoms with Crippen molar-refractivity contribution in [3.05, 3.63) is 102 Å². The molecule has 1 amide bonds. The molecule has 3 nitrogen and oxygen atoms in total. The molecular weight excluding hydrogens is 352 g/mol. The average Bonchev–Trinajstić information content (AvgIpc) is 2.73. The number of carbonyl (C=O) groups is 1. The standard InChI is InChI=1S/C23H20N2OS/c1-25(17-19-14-12-18(16-24)13-15-19)23(26)22(20-8-4-2-5-9-20)27-21-10-6-3-7-11-21/h2-15,22H,17H2,1H3. The zero-order chi connectivity index (χ0) is 19.1. The molecule has 0 heterocycles. The third kappa shape index (κ3) is 4.99. The molecule has 0 saturated carbocycles. The van der Waals surface area contributed by atoms with Crippen LogP contribution in [0.1, 0.15) is 21.9 Å². The Kier molecular flexibility index (Phi) is 6.30. The summed E-state index contributed by atoms with van der Waals surface area (Å²) in [5.41, 5.74) is 2.61. The van der Waals surface area contributed by atoms with Crippen molar-refractivity contribution in [1.29, 1.82) is 5.26 Å². The molecule has 0 fully saturated rings. The number of nitriles is 1. The summed E-state index contributed by atoms with van der Waals surface area (Å²) in [7, 11) is 1.82. The molecule has 1 atom stereocenters. The fraction of sp³-hybridized carbons (Fsp3) is 0.130. The first-order chi connectivity index (χ1) is 13.2. The van der Waals surface area contributed by atoms with Crippen LogP contribution in [0.5, 0.6) is 0 Å². The van der Waals surface area contributed by atoms with Crippen LogP contribution in [-0.2, 0) is 11.3 Å². The van der Waals surface area contributed by atoms with Crippen LogP contribution in [0.4, 0.5) is 0 Å². The lowest BCUT2D eigenvalue weighted by Crippen LogP contribution is -2.30. The van der Waals surface area contributed by atoms with Gasteiger partial charge in [0.1, 0.15) is 5.25 Å². The van der Waals surface area contributed by atoms with E-state index in [2.05, 4.69) is 6.07 Å². The molecule has 0 spiro atoms. The Morgan fingerprint density at radius 1 is 0.963 bits per heavy atom. The molecule has 0 N–H and O–H groups in total. The van der Waals surface area contributed by atoms with Crippen LogP contribution >= 0.6 is 11.8 Å². The van der Waals surface area contributed by atoms with Gasteiger partial charge in [-0.25, -0.2) is 0 Å². The molecule has 134 valence electrons. The van der Waals surface area contributed by atoms with E-state index < -0.39 is 0 Å². The average molecular weight is 372 g/mol. The Morgan fingerprint density at radius 3 is 2.15 bits per heavy atom. The van der Waals surface area contributed by atoms with E-state index in [0.29, 0.717) is 12.1 Å². The van der Waals surface area contributed by atoms with Gasteiger partial charge in [0, 0.05) is 18.5 Å².